The largest absolute Gasteiger partial charge is 0.508 e. The molecule has 6 nitrogen and oxygen atoms in total. The number of benzene rings is 2. The van der Waals surface area contributed by atoms with Gasteiger partial charge in [0.05, 0.1) is 18.9 Å². The molecule has 0 bridgehead atoms. The number of carbonyl (C=O) groups excluding carboxylic acids is 1. The van der Waals surface area contributed by atoms with Gasteiger partial charge in [0.2, 0.25) is 0 Å². The first kappa shape index (κ1) is 16.4. The lowest BCUT2D eigenvalue weighted by Crippen LogP contribution is -2.24. The molecule has 2 rings (SSSR count). The molecule has 0 aromatic heterocycles. The Morgan fingerprint density at radius 1 is 1.26 bits per heavy atom. The van der Waals surface area contributed by atoms with E-state index in [1.807, 2.05) is 0 Å². The molecule has 0 atom stereocenters. The molecular formula is C16H15N3O3S. The van der Waals surface area contributed by atoms with Crippen molar-refractivity contribution >= 4 is 35.2 Å². The number of hydrogen-bond acceptors (Lipinski definition) is 5. The predicted octanol–water partition coefficient (Wildman–Crippen LogP) is 2.50. The molecule has 0 saturated carbocycles. The average Bonchev–Trinajstić information content (AvgIpc) is 2.56. The number of aromatic hydroxyl groups is 1. The van der Waals surface area contributed by atoms with E-state index in [-0.39, 0.29) is 10.9 Å². The maximum atomic E-state index is 11.5. The van der Waals surface area contributed by atoms with Crippen molar-refractivity contribution in [1.29, 1.82) is 0 Å². The highest BCUT2D eigenvalue weighted by Gasteiger charge is 2.06. The highest BCUT2D eigenvalue weighted by molar-refractivity contribution is 7.80. The van der Waals surface area contributed by atoms with Crippen LogP contribution in [0.15, 0.2) is 53.6 Å². The number of nitrogens with one attached hydrogen (secondary N) is 2. The number of phenols is 1. The maximum absolute atomic E-state index is 11.5. The fourth-order valence-electron chi connectivity index (χ4n) is 1.73. The Balaban J connectivity index is 1.92. The van der Waals surface area contributed by atoms with Crippen molar-refractivity contribution in [2.45, 2.75) is 0 Å². The van der Waals surface area contributed by atoms with Gasteiger partial charge in [0.25, 0.3) is 0 Å². The molecule has 3 N–H and O–H groups in total. The van der Waals surface area contributed by atoms with Crippen LogP contribution in [0, 0.1) is 0 Å². The molecule has 0 heterocycles. The van der Waals surface area contributed by atoms with Crippen molar-refractivity contribution in [2.24, 2.45) is 5.10 Å². The molecule has 0 spiro atoms. The number of rotatable bonds is 4. The van der Waals surface area contributed by atoms with E-state index in [4.69, 9.17) is 12.2 Å². The summed E-state index contributed by atoms with van der Waals surface area (Å²) in [5, 5.41) is 16.4. The van der Waals surface area contributed by atoms with Crippen molar-refractivity contribution in [2.75, 3.05) is 12.4 Å². The van der Waals surface area contributed by atoms with Crippen LogP contribution < -0.4 is 10.7 Å². The van der Waals surface area contributed by atoms with Gasteiger partial charge in [0.15, 0.2) is 5.11 Å². The Kier molecular flexibility index (Phi) is 5.65. The van der Waals surface area contributed by atoms with Gasteiger partial charge in [-0.15, -0.1) is 0 Å². The van der Waals surface area contributed by atoms with E-state index in [1.54, 1.807) is 54.7 Å². The molecule has 2 aromatic rings. The van der Waals surface area contributed by atoms with E-state index in [9.17, 15) is 9.90 Å². The van der Waals surface area contributed by atoms with Crippen molar-refractivity contribution in [1.82, 2.24) is 5.43 Å². The molecule has 0 aliphatic heterocycles. The minimum atomic E-state index is -0.419. The standard InChI is InChI=1S/C16H15N3O3S/c1-22-15(21)12-3-2-4-13(9-12)18-16(23)19-17-10-11-5-7-14(20)8-6-11/h2-10,20H,1H3,(H2,18,19,23). The lowest BCUT2D eigenvalue weighted by Gasteiger charge is -2.08. The summed E-state index contributed by atoms with van der Waals surface area (Å²) in [5.41, 5.74) is 4.55. The summed E-state index contributed by atoms with van der Waals surface area (Å²) in [5.74, 6) is -0.226. The van der Waals surface area contributed by atoms with Crippen LogP contribution in [0.5, 0.6) is 5.75 Å². The normalized spacial score (nSPS) is 10.3. The van der Waals surface area contributed by atoms with E-state index in [2.05, 4.69) is 20.6 Å². The lowest BCUT2D eigenvalue weighted by molar-refractivity contribution is 0.0601. The number of carbonyl (C=O) groups is 1. The second kappa shape index (κ2) is 7.90. The first-order valence-corrected chi connectivity index (χ1v) is 7.07. The van der Waals surface area contributed by atoms with E-state index >= 15 is 0 Å². The number of hydrogen-bond donors (Lipinski definition) is 3. The fraction of sp³-hybridized carbons (Fsp3) is 0.0625. The number of hydrazone groups is 1. The molecule has 2 aromatic carbocycles. The topological polar surface area (TPSA) is 83.0 Å². The summed E-state index contributed by atoms with van der Waals surface area (Å²) in [6.45, 7) is 0. The second-order valence-electron chi connectivity index (χ2n) is 4.49. The zero-order valence-corrected chi connectivity index (χ0v) is 13.1. The number of methoxy groups -OCH3 is 1. The highest BCUT2D eigenvalue weighted by Crippen LogP contribution is 2.11. The SMILES string of the molecule is COC(=O)c1cccc(NC(=S)NN=Cc2ccc(O)cc2)c1. The zero-order valence-electron chi connectivity index (χ0n) is 12.3. The third-order valence-corrected chi connectivity index (χ3v) is 3.01. The summed E-state index contributed by atoms with van der Waals surface area (Å²) >= 11 is 5.12. The van der Waals surface area contributed by atoms with E-state index in [0.29, 0.717) is 11.3 Å². The third-order valence-electron chi connectivity index (χ3n) is 2.81. The van der Waals surface area contributed by atoms with Gasteiger partial charge in [-0.3, -0.25) is 5.43 Å². The van der Waals surface area contributed by atoms with Crippen LogP contribution in [0.2, 0.25) is 0 Å². The van der Waals surface area contributed by atoms with E-state index in [1.165, 1.54) is 7.11 Å². The Bertz CT molecular complexity index is 730. The molecule has 0 saturated heterocycles. The summed E-state index contributed by atoms with van der Waals surface area (Å²) in [7, 11) is 1.33. The van der Waals surface area contributed by atoms with Crippen LogP contribution in [-0.2, 0) is 4.74 Å². The monoisotopic (exact) mass is 329 g/mol. The maximum Gasteiger partial charge on any atom is 0.337 e. The number of phenolic OH excluding ortho intramolecular Hbond substituents is 1. The van der Waals surface area contributed by atoms with Crippen molar-refractivity contribution in [3.8, 4) is 5.75 Å². The number of anilines is 1. The molecule has 0 amide bonds. The molecule has 0 fully saturated rings. The Morgan fingerprint density at radius 2 is 2.00 bits per heavy atom. The highest BCUT2D eigenvalue weighted by atomic mass is 32.1. The van der Waals surface area contributed by atoms with Gasteiger partial charge in [-0.1, -0.05) is 6.07 Å². The number of ether oxygens (including phenoxy) is 1. The number of thiocarbonyl (C=S) groups is 1. The van der Waals surface area contributed by atoms with Crippen molar-refractivity contribution < 1.29 is 14.6 Å². The number of nitrogens with zero attached hydrogens (tertiary/aromatic N) is 1. The first-order valence-electron chi connectivity index (χ1n) is 6.66. The number of esters is 1. The summed E-state index contributed by atoms with van der Waals surface area (Å²) in [6.07, 6.45) is 1.57. The lowest BCUT2D eigenvalue weighted by atomic mass is 10.2. The van der Waals surface area contributed by atoms with Crippen LogP contribution in [0.4, 0.5) is 5.69 Å². The Hall–Kier alpha value is -2.93. The molecule has 0 aliphatic rings. The third kappa shape index (κ3) is 5.08. The van der Waals surface area contributed by atoms with E-state index in [0.717, 1.165) is 5.56 Å². The smallest absolute Gasteiger partial charge is 0.337 e. The van der Waals surface area contributed by atoms with Crippen molar-refractivity contribution in [3.63, 3.8) is 0 Å². The van der Waals surface area contributed by atoms with E-state index < -0.39 is 5.97 Å². The van der Waals surface area contributed by atoms with Crippen LogP contribution in [0.3, 0.4) is 0 Å². The minimum absolute atomic E-state index is 0.192. The predicted molar refractivity (Wildman–Crippen MR) is 92.8 cm³/mol. The quantitative estimate of drug-likeness (QED) is 0.346. The van der Waals surface area contributed by atoms with Crippen LogP contribution in [0.25, 0.3) is 0 Å². The van der Waals surface area contributed by atoms with Gasteiger partial charge in [-0.2, -0.15) is 5.10 Å². The molecular weight excluding hydrogens is 314 g/mol. The summed E-state index contributed by atoms with van der Waals surface area (Å²) in [4.78, 5) is 11.5. The zero-order chi connectivity index (χ0) is 16.7. The van der Waals surface area contributed by atoms with Crippen LogP contribution >= 0.6 is 12.2 Å². The van der Waals surface area contributed by atoms with Gasteiger partial charge in [-0.25, -0.2) is 4.79 Å². The molecule has 0 unspecified atom stereocenters. The Labute approximate surface area is 138 Å². The van der Waals surface area contributed by atoms with Gasteiger partial charge in [0.1, 0.15) is 5.75 Å². The summed E-state index contributed by atoms with van der Waals surface area (Å²) < 4.78 is 4.66. The second-order valence-corrected chi connectivity index (χ2v) is 4.90. The van der Waals surface area contributed by atoms with Gasteiger partial charge in [0, 0.05) is 5.69 Å². The Morgan fingerprint density at radius 3 is 2.70 bits per heavy atom. The average molecular weight is 329 g/mol. The van der Waals surface area contributed by atoms with Gasteiger partial charge >= 0.3 is 5.97 Å². The molecule has 0 radical (unpaired) electrons. The van der Waals surface area contributed by atoms with Gasteiger partial charge in [-0.05, 0) is 60.2 Å². The van der Waals surface area contributed by atoms with Gasteiger partial charge < -0.3 is 15.2 Å². The fourth-order valence-corrected chi connectivity index (χ4v) is 1.90. The van der Waals surface area contributed by atoms with Crippen LogP contribution in [-0.4, -0.2) is 29.5 Å². The molecule has 23 heavy (non-hydrogen) atoms. The molecule has 0 aliphatic carbocycles. The minimum Gasteiger partial charge on any atom is -0.508 e. The first-order chi connectivity index (χ1) is 11.1. The molecule has 7 heteroatoms. The van der Waals surface area contributed by atoms with Crippen molar-refractivity contribution in [3.05, 3.63) is 59.7 Å². The summed E-state index contributed by atoms with van der Waals surface area (Å²) in [6, 6.07) is 13.3. The molecule has 118 valence electrons. The van der Waals surface area contributed by atoms with Crippen LogP contribution in [0.1, 0.15) is 15.9 Å².